The molecular weight excluding hydrogens is 403 g/mol. The van der Waals surface area contributed by atoms with Crippen molar-refractivity contribution in [2.75, 3.05) is 19.6 Å². The second kappa shape index (κ2) is 9.85. The first-order valence-corrected chi connectivity index (χ1v) is 11.6. The van der Waals surface area contributed by atoms with Crippen molar-refractivity contribution in [3.63, 3.8) is 0 Å². The molecule has 3 aliphatic rings. The second-order valence-electron chi connectivity index (χ2n) is 9.37. The summed E-state index contributed by atoms with van der Waals surface area (Å²) in [5.74, 6) is 1.24. The van der Waals surface area contributed by atoms with Crippen molar-refractivity contribution in [1.29, 1.82) is 0 Å². The molecule has 3 rings (SSSR count). The molecule has 3 nitrogen and oxygen atoms in total. The Hall–Kier alpha value is -1.03. The van der Waals surface area contributed by atoms with Crippen LogP contribution in [0.2, 0.25) is 0 Å². The third-order valence-corrected chi connectivity index (χ3v) is 7.27. The first kappa shape index (κ1) is 22.7. The van der Waals surface area contributed by atoms with Crippen LogP contribution in [-0.4, -0.2) is 36.5 Å². The summed E-state index contributed by atoms with van der Waals surface area (Å²) in [6.07, 6.45) is 16.0. The summed E-state index contributed by atoms with van der Waals surface area (Å²) in [4.78, 5) is 15.2. The van der Waals surface area contributed by atoms with E-state index in [0.717, 1.165) is 42.5 Å². The van der Waals surface area contributed by atoms with Crippen LogP contribution in [-0.2, 0) is 4.79 Å². The smallest absolute Gasteiger partial charge is 0.227 e. The average Bonchev–Trinajstić information content (AvgIpc) is 2.68. The maximum absolute atomic E-state index is 12.7. The molecule has 1 amide bonds. The lowest BCUT2D eigenvalue weighted by molar-refractivity contribution is -0.124. The molecule has 1 aliphatic heterocycles. The van der Waals surface area contributed by atoms with Gasteiger partial charge in [0.25, 0.3) is 0 Å². The van der Waals surface area contributed by atoms with Gasteiger partial charge in [0.1, 0.15) is 0 Å². The first-order valence-electron chi connectivity index (χ1n) is 10.9. The summed E-state index contributed by atoms with van der Waals surface area (Å²) in [6, 6.07) is 0.181. The lowest BCUT2D eigenvalue weighted by atomic mass is 9.66. The molecule has 1 heterocycles. The van der Waals surface area contributed by atoms with E-state index in [4.69, 9.17) is 23.2 Å². The van der Waals surface area contributed by atoms with Crippen LogP contribution < -0.4 is 5.32 Å². The van der Waals surface area contributed by atoms with Crippen LogP contribution in [0.15, 0.2) is 46.5 Å². The van der Waals surface area contributed by atoms with Crippen molar-refractivity contribution >= 4 is 29.1 Å². The van der Waals surface area contributed by atoms with Crippen molar-refractivity contribution in [1.82, 2.24) is 10.2 Å². The molecule has 2 aliphatic carbocycles. The first-order chi connectivity index (χ1) is 13.8. The van der Waals surface area contributed by atoms with E-state index >= 15 is 0 Å². The van der Waals surface area contributed by atoms with Crippen LogP contribution in [0.25, 0.3) is 0 Å². The van der Waals surface area contributed by atoms with Gasteiger partial charge in [-0.2, -0.15) is 0 Å². The summed E-state index contributed by atoms with van der Waals surface area (Å²) < 4.78 is 0. The Morgan fingerprint density at radius 1 is 1.21 bits per heavy atom. The number of carbonyl (C=O) groups is 1. The number of hydrogen-bond acceptors (Lipinski definition) is 2. The Kier molecular flexibility index (Phi) is 7.69. The number of likely N-dealkylation sites (tertiary alicyclic amines) is 1. The zero-order valence-corrected chi connectivity index (χ0v) is 19.3. The van der Waals surface area contributed by atoms with E-state index in [1.54, 1.807) is 0 Å². The predicted octanol–water partition coefficient (Wildman–Crippen LogP) is 5.63. The Morgan fingerprint density at radius 2 is 1.90 bits per heavy atom. The molecule has 0 saturated carbocycles. The fourth-order valence-electron chi connectivity index (χ4n) is 5.03. The molecule has 0 bridgehead atoms. The zero-order chi connectivity index (χ0) is 21.0. The van der Waals surface area contributed by atoms with Crippen molar-refractivity contribution < 1.29 is 4.79 Å². The fraction of sp³-hybridized carbons (Fsp3) is 0.625. The molecule has 0 aromatic heterocycles. The van der Waals surface area contributed by atoms with Gasteiger partial charge in [0.2, 0.25) is 5.91 Å². The van der Waals surface area contributed by atoms with Crippen molar-refractivity contribution in [3.8, 4) is 0 Å². The van der Waals surface area contributed by atoms with Gasteiger partial charge in [-0.1, -0.05) is 68.3 Å². The highest BCUT2D eigenvalue weighted by atomic mass is 35.5. The minimum atomic E-state index is -0.105. The molecular formula is C24H34Cl2N2O. The summed E-state index contributed by atoms with van der Waals surface area (Å²) in [5, 5.41) is 4.85. The molecule has 4 atom stereocenters. The van der Waals surface area contributed by atoms with Gasteiger partial charge in [-0.3, -0.25) is 4.79 Å². The highest BCUT2D eigenvalue weighted by Crippen LogP contribution is 2.43. The number of carbonyl (C=O) groups excluding carboxylic acids is 1. The van der Waals surface area contributed by atoms with Gasteiger partial charge in [-0.15, -0.1) is 0 Å². The summed E-state index contributed by atoms with van der Waals surface area (Å²) in [5.41, 5.74) is 0.237. The average molecular weight is 437 g/mol. The molecule has 1 saturated heterocycles. The minimum absolute atomic E-state index is 0.105. The van der Waals surface area contributed by atoms with Crippen LogP contribution in [0.1, 0.15) is 46.5 Å². The van der Waals surface area contributed by atoms with Crippen LogP contribution >= 0.6 is 23.2 Å². The van der Waals surface area contributed by atoms with Crippen LogP contribution in [0.4, 0.5) is 0 Å². The van der Waals surface area contributed by atoms with E-state index in [2.05, 4.69) is 49.2 Å². The van der Waals surface area contributed by atoms with E-state index in [1.165, 1.54) is 6.42 Å². The molecule has 160 valence electrons. The fourth-order valence-corrected chi connectivity index (χ4v) is 5.35. The van der Waals surface area contributed by atoms with Crippen molar-refractivity contribution in [2.45, 2.75) is 52.5 Å². The topological polar surface area (TPSA) is 32.3 Å². The summed E-state index contributed by atoms with van der Waals surface area (Å²) in [7, 11) is 0. The SMILES string of the molecule is CC[C@H](CN1CCC(C2C=CC(Cl)=CC2)C(C)(C)C1)NC(=O)C1C=CC(Cl)=CC1. The number of nitrogens with one attached hydrogen (secondary N) is 1. The van der Waals surface area contributed by atoms with Gasteiger partial charge in [0.15, 0.2) is 0 Å². The van der Waals surface area contributed by atoms with E-state index in [9.17, 15) is 4.79 Å². The molecule has 0 aromatic carbocycles. The highest BCUT2D eigenvalue weighted by molar-refractivity contribution is 6.31. The lowest BCUT2D eigenvalue weighted by Gasteiger charge is -2.48. The number of amides is 1. The summed E-state index contributed by atoms with van der Waals surface area (Å²) in [6.45, 7) is 9.99. The molecule has 29 heavy (non-hydrogen) atoms. The quantitative estimate of drug-likeness (QED) is 0.584. The molecule has 0 radical (unpaired) electrons. The largest absolute Gasteiger partial charge is 0.352 e. The van der Waals surface area contributed by atoms with Crippen LogP contribution in [0.3, 0.4) is 0 Å². The van der Waals surface area contributed by atoms with E-state index in [0.29, 0.717) is 18.3 Å². The lowest BCUT2D eigenvalue weighted by Crippen LogP contribution is -2.52. The molecule has 0 spiro atoms. The molecule has 1 N–H and O–H groups in total. The highest BCUT2D eigenvalue weighted by Gasteiger charge is 2.39. The van der Waals surface area contributed by atoms with Gasteiger partial charge < -0.3 is 10.2 Å². The number of piperidine rings is 1. The zero-order valence-electron chi connectivity index (χ0n) is 17.8. The normalized spacial score (nSPS) is 30.4. The molecule has 3 unspecified atom stereocenters. The van der Waals surface area contributed by atoms with E-state index in [-0.39, 0.29) is 23.3 Å². The van der Waals surface area contributed by atoms with Crippen molar-refractivity contribution in [3.05, 3.63) is 46.5 Å². The van der Waals surface area contributed by atoms with Crippen LogP contribution in [0.5, 0.6) is 0 Å². The molecule has 1 fully saturated rings. The van der Waals surface area contributed by atoms with E-state index in [1.807, 2.05) is 18.2 Å². The maximum Gasteiger partial charge on any atom is 0.227 e. The molecule has 5 heteroatoms. The second-order valence-corrected chi connectivity index (χ2v) is 10.2. The minimum Gasteiger partial charge on any atom is -0.352 e. The van der Waals surface area contributed by atoms with Crippen LogP contribution in [0, 0.1) is 23.2 Å². The van der Waals surface area contributed by atoms with Gasteiger partial charge >= 0.3 is 0 Å². The number of rotatable bonds is 6. The van der Waals surface area contributed by atoms with Gasteiger partial charge in [0, 0.05) is 29.2 Å². The Bertz CT molecular complexity index is 722. The van der Waals surface area contributed by atoms with Gasteiger partial charge in [0.05, 0.1) is 5.92 Å². The monoisotopic (exact) mass is 436 g/mol. The Morgan fingerprint density at radius 3 is 2.45 bits per heavy atom. The van der Waals surface area contributed by atoms with Crippen molar-refractivity contribution in [2.24, 2.45) is 23.2 Å². The van der Waals surface area contributed by atoms with Gasteiger partial charge in [-0.05, 0) is 61.6 Å². The molecule has 0 aromatic rings. The standard InChI is InChI=1S/C24H34Cl2N2O/c1-4-21(27-23(29)18-7-11-20(26)12-8-18)15-28-14-13-22(24(2,3)16-28)17-5-9-19(25)10-6-17/h5,7,9-12,17-18,21-22H,4,6,8,13-16H2,1-3H3,(H,27,29)/t17?,18?,21-,22?/m1/s1. The third-order valence-electron chi connectivity index (χ3n) is 6.70. The number of halogens is 2. The predicted molar refractivity (Wildman–Crippen MR) is 123 cm³/mol. The van der Waals surface area contributed by atoms with E-state index < -0.39 is 0 Å². The number of hydrogen-bond donors (Lipinski definition) is 1. The third kappa shape index (κ3) is 5.99. The maximum atomic E-state index is 12.7. The Balaban J connectivity index is 1.53. The Labute approximate surface area is 185 Å². The number of allylic oxidation sites excluding steroid dienone is 7. The summed E-state index contributed by atoms with van der Waals surface area (Å²) >= 11 is 12.1. The number of nitrogens with zero attached hydrogens (tertiary/aromatic N) is 1. The van der Waals surface area contributed by atoms with Gasteiger partial charge in [-0.25, -0.2) is 0 Å².